The van der Waals surface area contributed by atoms with Crippen molar-refractivity contribution in [3.63, 3.8) is 0 Å². The van der Waals surface area contributed by atoms with E-state index in [9.17, 15) is 8.42 Å². The molecular weight excluding hydrogens is 290 g/mol. The van der Waals surface area contributed by atoms with E-state index in [1.807, 2.05) is 6.07 Å². The molecule has 0 unspecified atom stereocenters. The molecule has 0 atom stereocenters. The average Bonchev–Trinajstić information content (AvgIpc) is 2.90. The van der Waals surface area contributed by atoms with Gasteiger partial charge in [-0.3, -0.25) is 9.82 Å². The smallest absolute Gasteiger partial charge is 0.261 e. The zero-order chi connectivity index (χ0) is 14.9. The highest BCUT2D eigenvalue weighted by Crippen LogP contribution is 2.22. The zero-order valence-electron chi connectivity index (χ0n) is 10.6. The average molecular weight is 299 g/mol. The molecule has 21 heavy (non-hydrogen) atoms. The summed E-state index contributed by atoms with van der Waals surface area (Å²) in [6, 6.07) is 11.2. The molecule has 2 aromatic heterocycles. The number of nitrogens with zero attached hydrogens (tertiary/aromatic N) is 3. The van der Waals surface area contributed by atoms with Crippen molar-refractivity contribution in [3.05, 3.63) is 48.2 Å². The molecule has 1 aromatic carbocycles. The largest absolute Gasteiger partial charge is 0.264 e. The van der Waals surface area contributed by atoms with Gasteiger partial charge in [-0.15, -0.1) is 0 Å². The van der Waals surface area contributed by atoms with E-state index in [0.717, 1.165) is 0 Å². The summed E-state index contributed by atoms with van der Waals surface area (Å²) in [5, 5.41) is 16.1. The molecule has 7 nitrogen and oxygen atoms in total. The number of aromatic amines is 1. The van der Waals surface area contributed by atoms with Crippen molar-refractivity contribution in [2.45, 2.75) is 4.90 Å². The van der Waals surface area contributed by atoms with Gasteiger partial charge in [0.05, 0.1) is 10.9 Å². The third kappa shape index (κ3) is 2.30. The van der Waals surface area contributed by atoms with Crippen molar-refractivity contribution >= 4 is 26.9 Å². The number of anilines is 1. The lowest BCUT2D eigenvalue weighted by atomic mass is 10.2. The molecule has 0 aliphatic carbocycles. The third-order valence-electron chi connectivity index (χ3n) is 2.86. The topological polar surface area (TPSA) is 112 Å². The SMILES string of the molecule is N#Cc1ccccc1S(=O)(=O)Nc1n[nH]c2ncccc12. The van der Waals surface area contributed by atoms with Gasteiger partial charge >= 0.3 is 0 Å². The van der Waals surface area contributed by atoms with E-state index in [1.165, 1.54) is 12.1 Å². The van der Waals surface area contributed by atoms with Crippen molar-refractivity contribution in [3.8, 4) is 6.07 Å². The fourth-order valence-corrected chi connectivity index (χ4v) is 3.09. The molecule has 2 heterocycles. The Labute approximate surface area is 120 Å². The molecule has 0 bridgehead atoms. The molecule has 3 aromatic rings. The van der Waals surface area contributed by atoms with Gasteiger partial charge in [-0.1, -0.05) is 12.1 Å². The minimum Gasteiger partial charge on any atom is -0.261 e. The van der Waals surface area contributed by atoms with Gasteiger partial charge < -0.3 is 0 Å². The third-order valence-corrected chi connectivity index (χ3v) is 4.26. The number of nitriles is 1. The Morgan fingerprint density at radius 1 is 1.19 bits per heavy atom. The van der Waals surface area contributed by atoms with Gasteiger partial charge in [0, 0.05) is 6.20 Å². The second-order valence-corrected chi connectivity index (χ2v) is 5.84. The highest BCUT2D eigenvalue weighted by atomic mass is 32.2. The molecule has 3 rings (SSSR count). The predicted octanol–water partition coefficient (Wildman–Crippen LogP) is 1.63. The fourth-order valence-electron chi connectivity index (χ4n) is 1.91. The van der Waals surface area contributed by atoms with Gasteiger partial charge in [-0.05, 0) is 24.3 Å². The van der Waals surface area contributed by atoms with E-state index in [1.54, 1.807) is 30.5 Å². The number of benzene rings is 1. The van der Waals surface area contributed by atoms with Crippen LogP contribution in [0.4, 0.5) is 5.82 Å². The molecular formula is C13H9N5O2S. The van der Waals surface area contributed by atoms with E-state index in [4.69, 9.17) is 5.26 Å². The van der Waals surface area contributed by atoms with Crippen LogP contribution in [0.2, 0.25) is 0 Å². The van der Waals surface area contributed by atoms with Crippen LogP contribution >= 0.6 is 0 Å². The lowest BCUT2D eigenvalue weighted by molar-refractivity contribution is 0.601. The van der Waals surface area contributed by atoms with Gasteiger partial charge in [0.15, 0.2) is 11.5 Å². The van der Waals surface area contributed by atoms with E-state index in [-0.39, 0.29) is 16.3 Å². The van der Waals surface area contributed by atoms with Crippen LogP contribution in [-0.2, 0) is 10.0 Å². The summed E-state index contributed by atoms with van der Waals surface area (Å²) >= 11 is 0. The first-order valence-corrected chi connectivity index (χ1v) is 7.41. The lowest BCUT2D eigenvalue weighted by Gasteiger charge is -2.07. The maximum atomic E-state index is 12.4. The first kappa shape index (κ1) is 13.1. The maximum Gasteiger partial charge on any atom is 0.264 e. The molecule has 0 saturated heterocycles. The predicted molar refractivity (Wildman–Crippen MR) is 75.9 cm³/mol. The number of pyridine rings is 1. The normalized spacial score (nSPS) is 11.2. The molecule has 0 spiro atoms. The number of H-pyrrole nitrogens is 1. The van der Waals surface area contributed by atoms with Crippen molar-refractivity contribution in [1.29, 1.82) is 5.26 Å². The monoisotopic (exact) mass is 299 g/mol. The Morgan fingerprint density at radius 2 is 2.00 bits per heavy atom. The van der Waals surface area contributed by atoms with Crippen LogP contribution in [-0.4, -0.2) is 23.6 Å². The van der Waals surface area contributed by atoms with E-state index in [0.29, 0.717) is 11.0 Å². The van der Waals surface area contributed by atoms with Crippen LogP contribution in [0.1, 0.15) is 5.56 Å². The van der Waals surface area contributed by atoms with Crippen LogP contribution < -0.4 is 4.72 Å². The van der Waals surface area contributed by atoms with Gasteiger partial charge in [-0.2, -0.15) is 10.4 Å². The summed E-state index contributed by atoms with van der Waals surface area (Å²) in [6.07, 6.45) is 1.57. The Kier molecular flexibility index (Phi) is 3.04. The van der Waals surface area contributed by atoms with Gasteiger partial charge in [0.1, 0.15) is 11.0 Å². The van der Waals surface area contributed by atoms with Crippen LogP contribution in [0.25, 0.3) is 11.0 Å². The first-order valence-electron chi connectivity index (χ1n) is 5.93. The molecule has 0 saturated carbocycles. The summed E-state index contributed by atoms with van der Waals surface area (Å²) in [7, 11) is -3.90. The Hall–Kier alpha value is -2.92. The number of nitrogens with one attached hydrogen (secondary N) is 2. The molecule has 8 heteroatoms. The van der Waals surface area contributed by atoms with E-state index < -0.39 is 10.0 Å². The minimum absolute atomic E-state index is 0.0722. The summed E-state index contributed by atoms with van der Waals surface area (Å²) in [5.74, 6) is 0.144. The highest BCUT2D eigenvalue weighted by Gasteiger charge is 2.20. The number of rotatable bonds is 3. The van der Waals surface area contributed by atoms with Crippen LogP contribution in [0.15, 0.2) is 47.5 Å². The van der Waals surface area contributed by atoms with Crippen molar-refractivity contribution in [1.82, 2.24) is 15.2 Å². The van der Waals surface area contributed by atoms with Crippen molar-refractivity contribution < 1.29 is 8.42 Å². The van der Waals surface area contributed by atoms with E-state index >= 15 is 0 Å². The summed E-state index contributed by atoms with van der Waals surface area (Å²) in [5.41, 5.74) is 0.548. The van der Waals surface area contributed by atoms with Crippen LogP contribution in [0.3, 0.4) is 0 Å². The molecule has 0 fully saturated rings. The summed E-state index contributed by atoms with van der Waals surface area (Å²) < 4.78 is 27.1. The van der Waals surface area contributed by atoms with Gasteiger partial charge in [0.25, 0.3) is 10.0 Å². The molecule has 0 amide bonds. The Balaban J connectivity index is 2.06. The summed E-state index contributed by atoms with van der Waals surface area (Å²) in [6.45, 7) is 0. The van der Waals surface area contributed by atoms with Crippen molar-refractivity contribution in [2.24, 2.45) is 0 Å². The number of hydrogen-bond donors (Lipinski definition) is 2. The molecule has 0 aliphatic heterocycles. The standard InChI is InChI=1S/C13H9N5O2S/c14-8-9-4-1-2-6-11(9)21(19,20)18-13-10-5-3-7-15-12(10)16-17-13/h1-7H,(H2,15,16,17,18). The van der Waals surface area contributed by atoms with Gasteiger partial charge in [0.2, 0.25) is 0 Å². The van der Waals surface area contributed by atoms with Crippen molar-refractivity contribution in [2.75, 3.05) is 4.72 Å². The van der Waals surface area contributed by atoms with Crippen LogP contribution in [0, 0.1) is 11.3 Å². The number of fused-ring (bicyclic) bond motifs is 1. The maximum absolute atomic E-state index is 12.4. The summed E-state index contributed by atoms with van der Waals surface area (Å²) in [4.78, 5) is 3.94. The molecule has 0 aliphatic rings. The van der Waals surface area contributed by atoms with E-state index in [2.05, 4.69) is 19.9 Å². The number of sulfonamides is 1. The quantitative estimate of drug-likeness (QED) is 0.763. The second kappa shape index (κ2) is 4.88. The number of aromatic nitrogens is 3. The van der Waals surface area contributed by atoms with Crippen LogP contribution in [0.5, 0.6) is 0 Å². The molecule has 0 radical (unpaired) electrons. The fraction of sp³-hybridized carbons (Fsp3) is 0. The molecule has 2 N–H and O–H groups in total. The number of hydrogen-bond acceptors (Lipinski definition) is 5. The lowest BCUT2D eigenvalue weighted by Crippen LogP contribution is -2.14. The highest BCUT2D eigenvalue weighted by molar-refractivity contribution is 7.92. The second-order valence-electron chi connectivity index (χ2n) is 4.19. The van der Waals surface area contributed by atoms with Gasteiger partial charge in [-0.25, -0.2) is 13.4 Å². The first-order chi connectivity index (χ1) is 10.1. The minimum atomic E-state index is -3.90. The Bertz CT molecular complexity index is 956. The molecule has 104 valence electrons. The zero-order valence-corrected chi connectivity index (χ0v) is 11.4. The Morgan fingerprint density at radius 3 is 2.81 bits per heavy atom.